The summed E-state index contributed by atoms with van der Waals surface area (Å²) in [4.78, 5) is 4.31. The number of anilines is 1. The predicted molar refractivity (Wildman–Crippen MR) is 107 cm³/mol. The van der Waals surface area contributed by atoms with Gasteiger partial charge in [0.25, 0.3) is 10.0 Å². The summed E-state index contributed by atoms with van der Waals surface area (Å²) in [5.41, 5.74) is 2.45. The fourth-order valence-corrected chi connectivity index (χ4v) is 4.09. The van der Waals surface area contributed by atoms with E-state index in [9.17, 15) is 8.42 Å². The van der Waals surface area contributed by atoms with Gasteiger partial charge in [0.1, 0.15) is 4.90 Å². The molecule has 0 saturated carbocycles. The third-order valence-corrected chi connectivity index (χ3v) is 6.00. The van der Waals surface area contributed by atoms with Crippen LogP contribution in [0.3, 0.4) is 0 Å². The maximum atomic E-state index is 12.8. The smallest absolute Gasteiger partial charge is 0.263 e. The van der Waals surface area contributed by atoms with Crippen molar-refractivity contribution in [2.24, 2.45) is 7.05 Å². The van der Waals surface area contributed by atoms with Crippen LogP contribution < -0.4 is 4.72 Å². The summed E-state index contributed by atoms with van der Waals surface area (Å²) in [7, 11) is -2.04. The van der Waals surface area contributed by atoms with Gasteiger partial charge < -0.3 is 0 Å². The Morgan fingerprint density at radius 2 is 1.86 bits per heavy atom. The zero-order valence-corrected chi connectivity index (χ0v) is 16.6. The zero-order valence-electron chi connectivity index (χ0n) is 15.7. The standard InChI is InChI=1S/C19H20N6O2S/c1-13-17-11-16(12-20-19(17)24(3)21-13)28(26,27)23-18-9-10-25(22-18)14(2)15-7-5-4-6-8-15/h4-12,14H,1-3H3,(H,22,23). The van der Waals surface area contributed by atoms with E-state index in [4.69, 9.17) is 0 Å². The molecule has 28 heavy (non-hydrogen) atoms. The fourth-order valence-electron chi connectivity index (χ4n) is 3.12. The van der Waals surface area contributed by atoms with Gasteiger partial charge in [0.15, 0.2) is 11.5 Å². The molecule has 8 nitrogen and oxygen atoms in total. The van der Waals surface area contributed by atoms with Gasteiger partial charge in [0.05, 0.1) is 11.7 Å². The molecular formula is C19H20N6O2S. The topological polar surface area (TPSA) is 94.7 Å². The van der Waals surface area contributed by atoms with Crippen molar-refractivity contribution in [1.29, 1.82) is 0 Å². The highest BCUT2D eigenvalue weighted by Crippen LogP contribution is 2.22. The molecule has 0 fully saturated rings. The average molecular weight is 396 g/mol. The monoisotopic (exact) mass is 396 g/mol. The summed E-state index contributed by atoms with van der Waals surface area (Å²) in [6.07, 6.45) is 3.08. The number of aryl methyl sites for hydroxylation is 2. The van der Waals surface area contributed by atoms with Crippen LogP contribution in [0.5, 0.6) is 0 Å². The molecule has 3 aromatic heterocycles. The van der Waals surface area contributed by atoms with Gasteiger partial charge in [-0.2, -0.15) is 10.2 Å². The quantitative estimate of drug-likeness (QED) is 0.560. The molecule has 0 radical (unpaired) electrons. The van der Waals surface area contributed by atoms with E-state index in [0.29, 0.717) is 11.0 Å². The van der Waals surface area contributed by atoms with E-state index in [1.54, 1.807) is 34.7 Å². The minimum absolute atomic E-state index is 0.0180. The first-order valence-corrected chi connectivity index (χ1v) is 10.3. The van der Waals surface area contributed by atoms with Crippen LogP contribution in [-0.4, -0.2) is 33.0 Å². The van der Waals surface area contributed by atoms with Crippen LogP contribution in [-0.2, 0) is 17.1 Å². The summed E-state index contributed by atoms with van der Waals surface area (Å²) in [6.45, 7) is 3.82. The Balaban J connectivity index is 1.60. The summed E-state index contributed by atoms with van der Waals surface area (Å²) in [5, 5.41) is 9.35. The Labute approximate surface area is 162 Å². The van der Waals surface area contributed by atoms with E-state index in [-0.39, 0.29) is 16.8 Å². The van der Waals surface area contributed by atoms with E-state index < -0.39 is 10.0 Å². The second-order valence-corrected chi connectivity index (χ2v) is 8.31. The number of pyridine rings is 1. The lowest BCUT2D eigenvalue weighted by atomic mass is 10.1. The van der Waals surface area contributed by atoms with Crippen molar-refractivity contribution >= 4 is 26.9 Å². The van der Waals surface area contributed by atoms with Gasteiger partial charge in [0, 0.05) is 30.9 Å². The molecule has 144 valence electrons. The number of nitrogens with one attached hydrogen (secondary N) is 1. The number of hydrogen-bond acceptors (Lipinski definition) is 5. The molecule has 0 aliphatic rings. The summed E-state index contributed by atoms with van der Waals surface area (Å²) >= 11 is 0. The molecule has 0 aliphatic carbocycles. The number of benzene rings is 1. The molecule has 0 aliphatic heterocycles. The number of hydrogen-bond donors (Lipinski definition) is 1. The number of nitrogens with zero attached hydrogens (tertiary/aromatic N) is 5. The SMILES string of the molecule is Cc1nn(C)c2ncc(S(=O)(=O)Nc3ccn(C(C)c4ccccc4)n3)cc12. The highest BCUT2D eigenvalue weighted by atomic mass is 32.2. The first-order chi connectivity index (χ1) is 13.3. The Morgan fingerprint density at radius 1 is 1.11 bits per heavy atom. The lowest BCUT2D eigenvalue weighted by molar-refractivity contribution is 0.566. The second-order valence-electron chi connectivity index (χ2n) is 6.62. The molecule has 0 amide bonds. The molecular weight excluding hydrogens is 376 g/mol. The molecule has 0 saturated heterocycles. The number of fused-ring (bicyclic) bond motifs is 1. The zero-order chi connectivity index (χ0) is 19.9. The van der Waals surface area contributed by atoms with Gasteiger partial charge >= 0.3 is 0 Å². The normalized spacial score (nSPS) is 13.0. The highest BCUT2D eigenvalue weighted by molar-refractivity contribution is 7.92. The minimum atomic E-state index is -3.81. The third kappa shape index (κ3) is 3.24. The van der Waals surface area contributed by atoms with E-state index in [1.807, 2.05) is 44.2 Å². The number of aromatic nitrogens is 5. The Hall–Kier alpha value is -3.20. The molecule has 9 heteroatoms. The van der Waals surface area contributed by atoms with Crippen LogP contribution >= 0.6 is 0 Å². The summed E-state index contributed by atoms with van der Waals surface area (Å²) in [5.74, 6) is 0.255. The summed E-state index contributed by atoms with van der Waals surface area (Å²) in [6, 6.07) is 13.1. The number of rotatable bonds is 5. The van der Waals surface area contributed by atoms with Gasteiger partial charge in [-0.3, -0.25) is 14.1 Å². The van der Waals surface area contributed by atoms with E-state index >= 15 is 0 Å². The van der Waals surface area contributed by atoms with Crippen molar-refractivity contribution < 1.29 is 8.42 Å². The molecule has 1 aromatic carbocycles. The van der Waals surface area contributed by atoms with Gasteiger partial charge in [-0.25, -0.2) is 13.4 Å². The molecule has 3 heterocycles. The average Bonchev–Trinajstić information content (AvgIpc) is 3.26. The lowest BCUT2D eigenvalue weighted by Crippen LogP contribution is -2.15. The Morgan fingerprint density at radius 3 is 2.61 bits per heavy atom. The maximum Gasteiger partial charge on any atom is 0.264 e. The van der Waals surface area contributed by atoms with Crippen molar-refractivity contribution in [1.82, 2.24) is 24.5 Å². The van der Waals surface area contributed by atoms with E-state index in [0.717, 1.165) is 11.3 Å². The third-order valence-electron chi connectivity index (χ3n) is 4.67. The van der Waals surface area contributed by atoms with Crippen molar-refractivity contribution in [2.45, 2.75) is 24.8 Å². The van der Waals surface area contributed by atoms with Crippen LogP contribution in [0.4, 0.5) is 5.82 Å². The van der Waals surface area contributed by atoms with Gasteiger partial charge in [-0.05, 0) is 25.5 Å². The highest BCUT2D eigenvalue weighted by Gasteiger charge is 2.19. The molecule has 0 bridgehead atoms. The molecule has 1 N–H and O–H groups in total. The lowest BCUT2D eigenvalue weighted by Gasteiger charge is -2.12. The van der Waals surface area contributed by atoms with Crippen LogP contribution in [0.1, 0.15) is 24.2 Å². The van der Waals surface area contributed by atoms with Crippen molar-refractivity contribution in [3.63, 3.8) is 0 Å². The van der Waals surface area contributed by atoms with E-state index in [2.05, 4.69) is 19.9 Å². The second kappa shape index (κ2) is 6.75. The van der Waals surface area contributed by atoms with Crippen LogP contribution in [0.2, 0.25) is 0 Å². The Kier molecular flexibility index (Phi) is 4.38. The fraction of sp³-hybridized carbons (Fsp3) is 0.211. The minimum Gasteiger partial charge on any atom is -0.263 e. The van der Waals surface area contributed by atoms with Gasteiger partial charge in [0.2, 0.25) is 0 Å². The largest absolute Gasteiger partial charge is 0.264 e. The van der Waals surface area contributed by atoms with Crippen LogP contribution in [0.25, 0.3) is 11.0 Å². The molecule has 1 atom stereocenters. The van der Waals surface area contributed by atoms with Crippen molar-refractivity contribution in [3.8, 4) is 0 Å². The molecule has 0 spiro atoms. The van der Waals surface area contributed by atoms with Gasteiger partial charge in [-0.15, -0.1) is 0 Å². The van der Waals surface area contributed by atoms with Crippen molar-refractivity contribution in [2.75, 3.05) is 4.72 Å². The van der Waals surface area contributed by atoms with Crippen LogP contribution in [0, 0.1) is 6.92 Å². The number of sulfonamides is 1. The molecule has 4 rings (SSSR count). The van der Waals surface area contributed by atoms with Crippen LogP contribution in [0.15, 0.2) is 59.8 Å². The maximum absolute atomic E-state index is 12.8. The summed E-state index contributed by atoms with van der Waals surface area (Å²) < 4.78 is 31.4. The predicted octanol–water partition coefficient (Wildman–Crippen LogP) is 2.88. The van der Waals surface area contributed by atoms with Gasteiger partial charge in [-0.1, -0.05) is 30.3 Å². The Bertz CT molecular complexity index is 1240. The first kappa shape index (κ1) is 18.2. The first-order valence-electron chi connectivity index (χ1n) is 8.77. The molecule has 4 aromatic rings. The van der Waals surface area contributed by atoms with Crippen molar-refractivity contribution in [3.05, 3.63) is 66.1 Å². The molecule has 1 unspecified atom stereocenters. The van der Waals surface area contributed by atoms with E-state index in [1.165, 1.54) is 6.20 Å².